The van der Waals surface area contributed by atoms with Gasteiger partial charge in [-0.2, -0.15) is 4.98 Å². The zero-order chi connectivity index (χ0) is 43.0. The Balaban J connectivity index is 0.00000258. The molecule has 58 heavy (non-hydrogen) atoms. The van der Waals surface area contributed by atoms with Crippen LogP contribution in [0, 0.1) is 17.8 Å². The molecule has 3 heterocycles. The highest BCUT2D eigenvalue weighted by Gasteiger charge is 2.62. The van der Waals surface area contributed by atoms with E-state index in [4.69, 9.17) is 14.2 Å². The van der Waals surface area contributed by atoms with Gasteiger partial charge in [0.05, 0.1) is 18.9 Å². The van der Waals surface area contributed by atoms with Crippen molar-refractivity contribution < 1.29 is 46.1 Å². The Labute approximate surface area is 349 Å². The van der Waals surface area contributed by atoms with Crippen LogP contribution in [0.2, 0.25) is 0 Å². The largest absolute Gasteiger partial charge is 0.481 e. The summed E-state index contributed by atoms with van der Waals surface area (Å²) in [5.74, 6) is -1.87. The van der Waals surface area contributed by atoms with Gasteiger partial charge in [-0.25, -0.2) is 13.2 Å². The predicted octanol–water partition coefficient (Wildman–Crippen LogP) is 7.16. The van der Waals surface area contributed by atoms with E-state index >= 15 is 0 Å². The Hall–Kier alpha value is -4.40. The van der Waals surface area contributed by atoms with Gasteiger partial charge in [-0.05, 0) is 82.6 Å². The number of hydrogen-bond donors (Lipinski definition) is 3. The average Bonchev–Trinajstić information content (AvgIpc) is 4.12. The molecule has 4 amide bonds. The van der Waals surface area contributed by atoms with Gasteiger partial charge in [0.25, 0.3) is 5.91 Å². The molecule has 2 aliphatic heterocycles. The van der Waals surface area contributed by atoms with E-state index in [-0.39, 0.29) is 41.4 Å². The quantitative estimate of drug-likeness (QED) is 0.231. The van der Waals surface area contributed by atoms with E-state index in [2.05, 4.69) is 27.3 Å². The van der Waals surface area contributed by atoms with Crippen molar-refractivity contribution in [2.24, 2.45) is 17.8 Å². The molecule has 14 nitrogen and oxygen atoms in total. The average molecular weight is 834 g/mol. The van der Waals surface area contributed by atoms with Crippen LogP contribution in [-0.2, 0) is 29.1 Å². The number of aromatic nitrogens is 1. The van der Waals surface area contributed by atoms with E-state index in [0.29, 0.717) is 43.4 Å². The maximum atomic E-state index is 14.9. The molecule has 0 spiro atoms. The normalized spacial score (nSPS) is 27.9. The third-order valence-corrected chi connectivity index (χ3v) is 12.6. The Morgan fingerprint density at radius 1 is 1.07 bits per heavy atom. The molecule has 2 aromatic rings. The third kappa shape index (κ3) is 11.2. The summed E-state index contributed by atoms with van der Waals surface area (Å²) in [5.41, 5.74) is -2.34. The molecule has 6 rings (SSSR count). The van der Waals surface area contributed by atoms with E-state index in [1.165, 1.54) is 12.0 Å². The number of sulfonamides is 1. The number of carbonyl (C=O) groups is 4. The number of nitrogens with one attached hydrogen (secondary N) is 3. The number of benzene rings is 1. The first-order valence-electron chi connectivity index (χ1n) is 21.0. The van der Waals surface area contributed by atoms with Crippen molar-refractivity contribution in [3.05, 3.63) is 42.5 Å². The fraction of sp³-hybridized carbons (Fsp3) is 0.651. The summed E-state index contributed by atoms with van der Waals surface area (Å²) in [7, 11) is -2.40. The van der Waals surface area contributed by atoms with Gasteiger partial charge in [0.2, 0.25) is 33.6 Å². The minimum absolute atomic E-state index is 0. The molecule has 1 saturated heterocycles. The molecule has 3 N–H and O–H groups in total. The summed E-state index contributed by atoms with van der Waals surface area (Å²) < 4.78 is 45.5. The third-order valence-electron chi connectivity index (χ3n) is 10.8. The number of alkyl carbamates (subject to hydrolysis) is 1. The van der Waals surface area contributed by atoms with Crippen LogP contribution in [0.4, 0.5) is 4.79 Å². The topological polar surface area (TPSA) is 182 Å². The first-order chi connectivity index (χ1) is 27.5. The molecule has 0 unspecified atom stereocenters. The van der Waals surface area contributed by atoms with E-state index in [1.54, 1.807) is 26.8 Å². The maximum Gasteiger partial charge on any atom is 0.408 e. The number of nitrogens with zero attached hydrogens (tertiary/aromatic N) is 2. The number of hydrogen-bond acceptors (Lipinski definition) is 10. The number of amides is 4. The van der Waals surface area contributed by atoms with Gasteiger partial charge in [-0.3, -0.25) is 19.1 Å². The molecule has 1 aromatic carbocycles. The molecule has 0 bridgehead atoms. The summed E-state index contributed by atoms with van der Waals surface area (Å²) in [4.78, 5) is 62.4. The molecule has 2 saturated carbocycles. The minimum atomic E-state index is -3.90. The molecular formula is C43H71N5O9S. The zero-order valence-corrected chi connectivity index (χ0v) is 36.7. The SMILES string of the molecule is CC.CC.CC[C@@H]1C[C@H](C)CC/C=C\[C@@H]2C[C@@]2(C(=O)NS(=O)(=O)C2CC2)NC(=O)[C@@H]2C[C@@H](Oc3nc(OC)cc4ccccc34)CN2C(=O)[C@H]1NC(=O)OC(C)(C)C.[HH].[HH].[HH]. The second-order valence-electron chi connectivity index (χ2n) is 16.3. The van der Waals surface area contributed by atoms with Crippen molar-refractivity contribution in [2.75, 3.05) is 13.7 Å². The van der Waals surface area contributed by atoms with Gasteiger partial charge < -0.3 is 29.7 Å². The number of rotatable bonds is 8. The number of allylic oxidation sites excluding steroid dienone is 1. The number of fused-ring (bicyclic) bond motifs is 3. The van der Waals surface area contributed by atoms with Gasteiger partial charge in [0.1, 0.15) is 29.3 Å². The van der Waals surface area contributed by atoms with Gasteiger partial charge in [0.15, 0.2) is 0 Å². The molecule has 328 valence electrons. The molecule has 7 atom stereocenters. The van der Waals surface area contributed by atoms with Crippen molar-refractivity contribution in [1.82, 2.24) is 25.2 Å². The highest BCUT2D eigenvalue weighted by molar-refractivity contribution is 7.91. The minimum Gasteiger partial charge on any atom is -0.481 e. The number of pyridine rings is 1. The smallest absolute Gasteiger partial charge is 0.408 e. The van der Waals surface area contributed by atoms with Crippen molar-refractivity contribution in [1.29, 1.82) is 0 Å². The van der Waals surface area contributed by atoms with E-state index in [9.17, 15) is 27.6 Å². The van der Waals surface area contributed by atoms with Crippen molar-refractivity contribution in [3.8, 4) is 11.8 Å². The lowest BCUT2D eigenvalue weighted by Gasteiger charge is -2.34. The molecule has 4 aliphatic rings. The van der Waals surface area contributed by atoms with Crippen molar-refractivity contribution in [3.63, 3.8) is 0 Å². The Morgan fingerprint density at radius 3 is 2.40 bits per heavy atom. The fourth-order valence-electron chi connectivity index (χ4n) is 7.65. The zero-order valence-electron chi connectivity index (χ0n) is 35.9. The molecule has 2 aliphatic carbocycles. The van der Waals surface area contributed by atoms with Crippen LogP contribution in [0.15, 0.2) is 42.5 Å². The van der Waals surface area contributed by atoms with Crippen LogP contribution in [0.3, 0.4) is 0 Å². The molecule has 3 fully saturated rings. The summed E-state index contributed by atoms with van der Waals surface area (Å²) in [6.07, 6.45) is 6.21. The van der Waals surface area contributed by atoms with Crippen LogP contribution in [0.5, 0.6) is 11.8 Å². The lowest BCUT2D eigenvalue weighted by Crippen LogP contribution is -2.59. The van der Waals surface area contributed by atoms with Gasteiger partial charge in [0, 0.05) is 28.1 Å². The fourth-order valence-corrected chi connectivity index (χ4v) is 9.01. The van der Waals surface area contributed by atoms with Crippen molar-refractivity contribution in [2.45, 2.75) is 148 Å². The van der Waals surface area contributed by atoms with Crippen LogP contribution < -0.4 is 24.8 Å². The second-order valence-corrected chi connectivity index (χ2v) is 18.2. The number of carbonyl (C=O) groups excluding carboxylic acids is 4. The van der Waals surface area contributed by atoms with Crippen LogP contribution in [0.25, 0.3) is 10.8 Å². The second kappa shape index (κ2) is 19.6. The summed E-state index contributed by atoms with van der Waals surface area (Å²) in [6.45, 7) is 17.3. The summed E-state index contributed by atoms with van der Waals surface area (Å²) >= 11 is 0. The predicted molar refractivity (Wildman–Crippen MR) is 230 cm³/mol. The van der Waals surface area contributed by atoms with Crippen molar-refractivity contribution >= 4 is 44.6 Å². The number of ether oxygens (including phenoxy) is 3. The van der Waals surface area contributed by atoms with Crippen LogP contribution in [-0.4, -0.2) is 90.3 Å². The first kappa shape index (κ1) is 46.3. The van der Waals surface area contributed by atoms with E-state index in [1.807, 2.05) is 71.0 Å². The van der Waals surface area contributed by atoms with Crippen LogP contribution in [0.1, 0.15) is 118 Å². The van der Waals surface area contributed by atoms with Crippen LogP contribution >= 0.6 is 0 Å². The van der Waals surface area contributed by atoms with E-state index < -0.39 is 74.3 Å². The first-order valence-corrected chi connectivity index (χ1v) is 22.5. The Morgan fingerprint density at radius 2 is 1.76 bits per heavy atom. The lowest BCUT2D eigenvalue weighted by atomic mass is 9.85. The van der Waals surface area contributed by atoms with Gasteiger partial charge in [-0.15, -0.1) is 0 Å². The Kier molecular flexibility index (Phi) is 15.6. The molecule has 1 aromatic heterocycles. The number of methoxy groups -OCH3 is 1. The summed E-state index contributed by atoms with van der Waals surface area (Å²) in [5, 5.41) is 6.66. The highest BCUT2D eigenvalue weighted by atomic mass is 32.2. The maximum absolute atomic E-state index is 14.9. The molecule has 0 radical (unpaired) electrons. The highest BCUT2D eigenvalue weighted by Crippen LogP contribution is 2.46. The molecule has 15 heteroatoms. The lowest BCUT2D eigenvalue weighted by molar-refractivity contribution is -0.142. The van der Waals surface area contributed by atoms with Gasteiger partial charge >= 0.3 is 6.09 Å². The monoisotopic (exact) mass is 833 g/mol. The van der Waals surface area contributed by atoms with E-state index in [0.717, 1.165) is 11.8 Å². The van der Waals surface area contributed by atoms with Gasteiger partial charge in [-0.1, -0.05) is 78.3 Å². The summed E-state index contributed by atoms with van der Waals surface area (Å²) in [6, 6.07) is 7.11. The standard InChI is InChI=1S/C39H53N5O9S.2C2H6.3H2/c1-7-24-18-23(2)12-8-10-14-26-21-39(26,36(47)43-54(49,50)28-16-17-28)42-33(45)30-20-27(22-44(30)35(46)32(24)41-37(48)53-38(3,4)5)52-34-29-15-11-9-13-25(29)19-31(40-34)51-6;2*1-2;;;/h9-11,13-15,19,23-24,26-28,30,32H,7-8,12,16-18,20-22H2,1-6H3,(H,41,48)(H,42,45)(H,43,47);2*1-2H3;3*1H/b14-10-;;;;;/t23-,24-,26-,27-,30+,32+,39-;;;;;/m1...../s1. The molecular weight excluding hydrogens is 763 g/mol. The Bertz CT molecular complexity index is 1930.